The number of piperidine rings is 1. The lowest BCUT2D eigenvalue weighted by Crippen LogP contribution is -2.39. The molecule has 1 saturated carbocycles. The first-order chi connectivity index (χ1) is 5.29. The summed E-state index contributed by atoms with van der Waals surface area (Å²) in [6.45, 7) is 1.19. The monoisotopic (exact) mass is 169 g/mol. The van der Waals surface area contributed by atoms with Crippen molar-refractivity contribution in [2.45, 2.75) is 25.7 Å². The highest BCUT2D eigenvalue weighted by Gasteiger charge is 2.35. The van der Waals surface area contributed by atoms with Gasteiger partial charge in [-0.2, -0.15) is 0 Å². The molecule has 0 aromatic carbocycles. The maximum absolute atomic E-state index is 5.39. The Morgan fingerprint density at radius 1 is 1.36 bits per heavy atom. The smallest absolute Gasteiger partial charge is 0.0810 e. The molecule has 1 aliphatic heterocycles. The molecule has 0 spiro atoms. The van der Waals surface area contributed by atoms with E-state index < -0.39 is 0 Å². The molecule has 0 amide bonds. The molecule has 0 radical (unpaired) electrons. The van der Waals surface area contributed by atoms with Crippen LogP contribution in [0.1, 0.15) is 25.7 Å². The number of thiocarbonyl (C=S) groups is 1. The number of hydrogen-bond donors (Lipinski definition) is 0. The van der Waals surface area contributed by atoms with Crippen molar-refractivity contribution in [2.24, 2.45) is 11.8 Å². The molecular formula is C9H15NS. The van der Waals surface area contributed by atoms with Gasteiger partial charge in [0.25, 0.3) is 0 Å². The minimum absolute atomic E-state index is 0.767. The van der Waals surface area contributed by atoms with Crippen molar-refractivity contribution in [2.75, 3.05) is 13.6 Å². The SMILES string of the molecule is CN1CCC2CCCC2C1=S. The van der Waals surface area contributed by atoms with E-state index in [2.05, 4.69) is 11.9 Å². The molecular weight excluding hydrogens is 154 g/mol. The van der Waals surface area contributed by atoms with Gasteiger partial charge in [0.05, 0.1) is 4.99 Å². The van der Waals surface area contributed by atoms with Crippen LogP contribution in [0.4, 0.5) is 0 Å². The van der Waals surface area contributed by atoms with E-state index in [1.165, 1.54) is 37.2 Å². The van der Waals surface area contributed by atoms with Gasteiger partial charge < -0.3 is 4.90 Å². The third kappa shape index (κ3) is 1.18. The van der Waals surface area contributed by atoms with Crippen molar-refractivity contribution >= 4 is 17.2 Å². The van der Waals surface area contributed by atoms with Gasteiger partial charge in [-0.15, -0.1) is 0 Å². The van der Waals surface area contributed by atoms with E-state index in [1.807, 2.05) is 0 Å². The van der Waals surface area contributed by atoms with Crippen molar-refractivity contribution in [1.82, 2.24) is 4.90 Å². The highest BCUT2D eigenvalue weighted by atomic mass is 32.1. The van der Waals surface area contributed by atoms with E-state index >= 15 is 0 Å². The minimum atomic E-state index is 0.767. The maximum Gasteiger partial charge on any atom is 0.0810 e. The third-order valence-electron chi connectivity index (χ3n) is 3.19. The molecule has 0 bridgehead atoms. The van der Waals surface area contributed by atoms with Gasteiger partial charge in [0.2, 0.25) is 0 Å². The van der Waals surface area contributed by atoms with Crippen LogP contribution >= 0.6 is 12.2 Å². The van der Waals surface area contributed by atoms with E-state index in [1.54, 1.807) is 0 Å². The Morgan fingerprint density at radius 3 is 3.00 bits per heavy atom. The molecule has 2 fully saturated rings. The summed E-state index contributed by atoms with van der Waals surface area (Å²) in [4.78, 5) is 3.50. The second-order valence-corrected chi connectivity index (χ2v) is 4.26. The Bertz CT molecular complexity index is 178. The predicted molar refractivity (Wildman–Crippen MR) is 50.7 cm³/mol. The molecule has 1 aliphatic carbocycles. The van der Waals surface area contributed by atoms with E-state index in [-0.39, 0.29) is 0 Å². The van der Waals surface area contributed by atoms with Gasteiger partial charge in [-0.3, -0.25) is 0 Å². The predicted octanol–water partition coefficient (Wildman–Crippen LogP) is 2.07. The zero-order valence-electron chi connectivity index (χ0n) is 7.05. The lowest BCUT2D eigenvalue weighted by molar-refractivity contribution is 0.316. The summed E-state index contributed by atoms with van der Waals surface area (Å²) in [7, 11) is 2.14. The van der Waals surface area contributed by atoms with Crippen molar-refractivity contribution in [1.29, 1.82) is 0 Å². The average Bonchev–Trinajstić information content (AvgIpc) is 2.45. The van der Waals surface area contributed by atoms with Crippen LogP contribution in [0.25, 0.3) is 0 Å². The quantitative estimate of drug-likeness (QED) is 0.511. The molecule has 1 heterocycles. The van der Waals surface area contributed by atoms with Crippen LogP contribution < -0.4 is 0 Å². The Labute approximate surface area is 73.8 Å². The summed E-state index contributed by atoms with van der Waals surface area (Å²) in [5, 5.41) is 0. The number of likely N-dealkylation sites (tertiary alicyclic amines) is 1. The fourth-order valence-corrected chi connectivity index (χ4v) is 2.86. The van der Waals surface area contributed by atoms with E-state index in [0.717, 1.165) is 11.8 Å². The summed E-state index contributed by atoms with van der Waals surface area (Å²) < 4.78 is 0. The standard InChI is InChI=1S/C9H15NS/c1-10-6-5-7-3-2-4-8(7)9(10)11/h7-8H,2-6H2,1H3. The summed E-state index contributed by atoms with van der Waals surface area (Å²) in [6, 6.07) is 0. The molecule has 2 aliphatic rings. The van der Waals surface area contributed by atoms with Crippen LogP contribution in [0.15, 0.2) is 0 Å². The number of fused-ring (bicyclic) bond motifs is 1. The summed E-state index contributed by atoms with van der Waals surface area (Å²) >= 11 is 5.39. The Balaban J connectivity index is 2.12. The number of nitrogens with zero attached hydrogens (tertiary/aromatic N) is 1. The second kappa shape index (κ2) is 2.74. The van der Waals surface area contributed by atoms with E-state index in [9.17, 15) is 0 Å². The van der Waals surface area contributed by atoms with Gasteiger partial charge in [0, 0.05) is 19.5 Å². The van der Waals surface area contributed by atoms with Gasteiger partial charge in [0.1, 0.15) is 0 Å². The average molecular weight is 169 g/mol. The molecule has 2 rings (SSSR count). The highest BCUT2D eigenvalue weighted by Crippen LogP contribution is 2.38. The van der Waals surface area contributed by atoms with Crippen molar-refractivity contribution in [3.8, 4) is 0 Å². The fourth-order valence-electron chi connectivity index (χ4n) is 2.46. The summed E-state index contributed by atoms with van der Waals surface area (Å²) in [5.41, 5.74) is 0. The molecule has 1 nitrogen and oxygen atoms in total. The first kappa shape index (κ1) is 7.53. The maximum atomic E-state index is 5.39. The molecule has 0 aromatic rings. The van der Waals surface area contributed by atoms with Crippen LogP contribution in [0.3, 0.4) is 0 Å². The lowest BCUT2D eigenvalue weighted by atomic mass is 9.89. The molecule has 62 valence electrons. The zero-order valence-corrected chi connectivity index (χ0v) is 7.86. The Kier molecular flexibility index (Phi) is 1.88. The van der Waals surface area contributed by atoms with Crippen LogP contribution in [0, 0.1) is 11.8 Å². The van der Waals surface area contributed by atoms with Crippen LogP contribution in [0.2, 0.25) is 0 Å². The van der Waals surface area contributed by atoms with Gasteiger partial charge in [-0.1, -0.05) is 18.6 Å². The van der Waals surface area contributed by atoms with Crippen molar-refractivity contribution < 1.29 is 0 Å². The minimum Gasteiger partial charge on any atom is -0.369 e. The van der Waals surface area contributed by atoms with Crippen LogP contribution in [-0.4, -0.2) is 23.5 Å². The van der Waals surface area contributed by atoms with E-state index in [4.69, 9.17) is 12.2 Å². The third-order valence-corrected chi connectivity index (χ3v) is 3.80. The molecule has 1 saturated heterocycles. The normalized spacial score (nSPS) is 37.5. The summed E-state index contributed by atoms with van der Waals surface area (Å²) in [6.07, 6.45) is 5.57. The van der Waals surface area contributed by atoms with Gasteiger partial charge in [0.15, 0.2) is 0 Å². The Hall–Kier alpha value is -0.110. The molecule has 2 heteroatoms. The van der Waals surface area contributed by atoms with Crippen molar-refractivity contribution in [3.63, 3.8) is 0 Å². The Morgan fingerprint density at radius 2 is 2.18 bits per heavy atom. The van der Waals surface area contributed by atoms with Gasteiger partial charge in [-0.25, -0.2) is 0 Å². The zero-order chi connectivity index (χ0) is 7.84. The fraction of sp³-hybridized carbons (Fsp3) is 0.889. The topological polar surface area (TPSA) is 3.24 Å². The molecule has 0 N–H and O–H groups in total. The number of rotatable bonds is 0. The van der Waals surface area contributed by atoms with Gasteiger partial charge >= 0.3 is 0 Å². The molecule has 2 unspecified atom stereocenters. The van der Waals surface area contributed by atoms with E-state index in [0.29, 0.717) is 0 Å². The molecule has 0 aromatic heterocycles. The van der Waals surface area contributed by atoms with Crippen molar-refractivity contribution in [3.05, 3.63) is 0 Å². The molecule has 2 atom stereocenters. The largest absolute Gasteiger partial charge is 0.369 e. The first-order valence-corrected chi connectivity index (χ1v) is 4.95. The van der Waals surface area contributed by atoms with Crippen LogP contribution in [0.5, 0.6) is 0 Å². The summed E-state index contributed by atoms with van der Waals surface area (Å²) in [5.74, 6) is 1.71. The molecule has 11 heavy (non-hydrogen) atoms. The lowest BCUT2D eigenvalue weighted by Gasteiger charge is -2.34. The highest BCUT2D eigenvalue weighted by molar-refractivity contribution is 7.80. The van der Waals surface area contributed by atoms with Gasteiger partial charge in [-0.05, 0) is 25.2 Å². The first-order valence-electron chi connectivity index (χ1n) is 4.54. The number of hydrogen-bond acceptors (Lipinski definition) is 1. The second-order valence-electron chi connectivity index (χ2n) is 3.85. The van der Waals surface area contributed by atoms with Crippen LogP contribution in [-0.2, 0) is 0 Å².